The van der Waals surface area contributed by atoms with Crippen molar-refractivity contribution in [3.63, 3.8) is 0 Å². The fraction of sp³-hybridized carbons (Fsp3) is 0.778. The van der Waals surface area contributed by atoms with Crippen LogP contribution in [0.2, 0.25) is 0 Å². The SMILES string of the molecule is COC(CC(C)C)C(=O)NCC#N. The molecule has 13 heavy (non-hydrogen) atoms. The standard InChI is InChI=1S/C9H16N2O2/c1-7(2)6-8(13-3)9(12)11-5-4-10/h7-8H,5-6H2,1-3H3,(H,11,12). The summed E-state index contributed by atoms with van der Waals surface area (Å²) in [6.45, 7) is 4.07. The maximum Gasteiger partial charge on any atom is 0.249 e. The first-order chi connectivity index (χ1) is 6.11. The van der Waals surface area contributed by atoms with Crippen molar-refractivity contribution >= 4 is 5.91 Å². The number of amides is 1. The lowest BCUT2D eigenvalue weighted by Crippen LogP contribution is -2.36. The van der Waals surface area contributed by atoms with E-state index in [2.05, 4.69) is 5.32 Å². The Kier molecular flexibility index (Phi) is 5.90. The van der Waals surface area contributed by atoms with Crippen molar-refractivity contribution in [3.8, 4) is 6.07 Å². The number of ether oxygens (including phenoxy) is 1. The van der Waals surface area contributed by atoms with Gasteiger partial charge in [-0.25, -0.2) is 0 Å². The second-order valence-electron chi connectivity index (χ2n) is 3.23. The maximum absolute atomic E-state index is 11.3. The third-order valence-electron chi connectivity index (χ3n) is 1.60. The molecule has 0 aliphatic heterocycles. The maximum atomic E-state index is 11.3. The average molecular weight is 184 g/mol. The Bertz CT molecular complexity index is 196. The van der Waals surface area contributed by atoms with Gasteiger partial charge in [-0.05, 0) is 12.3 Å². The summed E-state index contributed by atoms with van der Waals surface area (Å²) in [6, 6.07) is 1.84. The molecule has 1 amide bonds. The topological polar surface area (TPSA) is 62.1 Å². The van der Waals surface area contributed by atoms with Crippen molar-refractivity contribution in [2.75, 3.05) is 13.7 Å². The lowest BCUT2D eigenvalue weighted by Gasteiger charge is -2.15. The molecular formula is C9H16N2O2. The number of nitrogens with one attached hydrogen (secondary N) is 1. The van der Waals surface area contributed by atoms with Crippen LogP contribution >= 0.6 is 0 Å². The van der Waals surface area contributed by atoms with E-state index in [1.165, 1.54) is 7.11 Å². The molecule has 0 fully saturated rings. The Morgan fingerprint density at radius 3 is 2.62 bits per heavy atom. The van der Waals surface area contributed by atoms with Gasteiger partial charge in [0.1, 0.15) is 12.6 Å². The highest BCUT2D eigenvalue weighted by molar-refractivity contribution is 5.80. The first kappa shape index (κ1) is 11.9. The van der Waals surface area contributed by atoms with Crippen molar-refractivity contribution < 1.29 is 9.53 Å². The van der Waals surface area contributed by atoms with E-state index in [1.807, 2.05) is 19.9 Å². The van der Waals surface area contributed by atoms with Gasteiger partial charge in [0.05, 0.1) is 6.07 Å². The second-order valence-corrected chi connectivity index (χ2v) is 3.23. The number of rotatable bonds is 5. The van der Waals surface area contributed by atoms with Crippen LogP contribution in [-0.4, -0.2) is 25.7 Å². The second kappa shape index (κ2) is 6.44. The van der Waals surface area contributed by atoms with E-state index < -0.39 is 6.10 Å². The summed E-state index contributed by atoms with van der Waals surface area (Å²) in [5.41, 5.74) is 0. The number of carbonyl (C=O) groups is 1. The number of nitrogens with zero attached hydrogens (tertiary/aromatic N) is 1. The summed E-state index contributed by atoms with van der Waals surface area (Å²) >= 11 is 0. The lowest BCUT2D eigenvalue weighted by atomic mass is 10.1. The molecular weight excluding hydrogens is 168 g/mol. The van der Waals surface area contributed by atoms with Crippen LogP contribution in [0.15, 0.2) is 0 Å². The van der Waals surface area contributed by atoms with Crippen molar-refractivity contribution in [2.24, 2.45) is 5.92 Å². The van der Waals surface area contributed by atoms with Crippen molar-refractivity contribution in [2.45, 2.75) is 26.4 Å². The van der Waals surface area contributed by atoms with Crippen molar-refractivity contribution in [3.05, 3.63) is 0 Å². The van der Waals surface area contributed by atoms with E-state index in [9.17, 15) is 4.79 Å². The molecule has 4 nitrogen and oxygen atoms in total. The summed E-state index contributed by atoms with van der Waals surface area (Å²) in [6.07, 6.45) is 0.238. The van der Waals surface area contributed by atoms with Crippen LogP contribution in [0, 0.1) is 17.2 Å². The van der Waals surface area contributed by atoms with E-state index >= 15 is 0 Å². The van der Waals surface area contributed by atoms with Gasteiger partial charge in [0.25, 0.3) is 0 Å². The molecule has 0 aliphatic rings. The van der Waals surface area contributed by atoms with Crippen LogP contribution < -0.4 is 5.32 Å². The Morgan fingerprint density at radius 2 is 2.23 bits per heavy atom. The van der Waals surface area contributed by atoms with E-state index in [-0.39, 0.29) is 12.5 Å². The highest BCUT2D eigenvalue weighted by atomic mass is 16.5. The summed E-state index contributed by atoms with van der Waals surface area (Å²) in [5, 5.41) is 10.7. The molecule has 0 radical (unpaired) electrons. The van der Waals surface area contributed by atoms with Gasteiger partial charge in [-0.1, -0.05) is 13.8 Å². The smallest absolute Gasteiger partial charge is 0.249 e. The third-order valence-corrected chi connectivity index (χ3v) is 1.60. The van der Waals surface area contributed by atoms with Crippen molar-refractivity contribution in [1.29, 1.82) is 5.26 Å². The zero-order valence-corrected chi connectivity index (χ0v) is 8.33. The summed E-state index contributed by atoms with van der Waals surface area (Å²) < 4.78 is 5.00. The molecule has 0 aromatic rings. The fourth-order valence-electron chi connectivity index (χ4n) is 0.979. The summed E-state index contributed by atoms with van der Waals surface area (Å²) in [4.78, 5) is 11.3. The first-order valence-electron chi connectivity index (χ1n) is 4.29. The molecule has 74 valence electrons. The number of carbonyl (C=O) groups excluding carboxylic acids is 1. The number of hydrogen-bond donors (Lipinski definition) is 1. The average Bonchev–Trinajstić information content (AvgIpc) is 2.09. The molecule has 1 unspecified atom stereocenters. The highest BCUT2D eigenvalue weighted by Gasteiger charge is 2.17. The van der Waals surface area contributed by atoms with Crippen LogP contribution in [0.5, 0.6) is 0 Å². The monoisotopic (exact) mass is 184 g/mol. The van der Waals surface area contributed by atoms with E-state index in [0.717, 1.165) is 0 Å². The van der Waals surface area contributed by atoms with Gasteiger partial charge in [0, 0.05) is 7.11 Å². The molecule has 0 heterocycles. The highest BCUT2D eigenvalue weighted by Crippen LogP contribution is 2.07. The Hall–Kier alpha value is -1.08. The molecule has 0 saturated carbocycles. The zero-order chi connectivity index (χ0) is 10.3. The third kappa shape index (κ3) is 5.21. The van der Waals surface area contributed by atoms with Gasteiger partial charge >= 0.3 is 0 Å². The molecule has 0 aromatic heterocycles. The largest absolute Gasteiger partial charge is 0.372 e. The molecule has 0 aliphatic carbocycles. The predicted molar refractivity (Wildman–Crippen MR) is 48.9 cm³/mol. The molecule has 4 heteroatoms. The Morgan fingerprint density at radius 1 is 1.62 bits per heavy atom. The van der Waals surface area contributed by atoms with E-state index in [0.29, 0.717) is 12.3 Å². The fourth-order valence-corrected chi connectivity index (χ4v) is 0.979. The van der Waals surface area contributed by atoms with Gasteiger partial charge in [-0.3, -0.25) is 4.79 Å². The van der Waals surface area contributed by atoms with Crippen LogP contribution in [0.25, 0.3) is 0 Å². The van der Waals surface area contributed by atoms with Crippen LogP contribution in [0.4, 0.5) is 0 Å². The minimum atomic E-state index is -0.437. The van der Waals surface area contributed by atoms with Gasteiger partial charge in [-0.15, -0.1) is 0 Å². The first-order valence-corrected chi connectivity index (χ1v) is 4.29. The van der Waals surface area contributed by atoms with E-state index in [1.54, 1.807) is 0 Å². The van der Waals surface area contributed by atoms with E-state index in [4.69, 9.17) is 10.00 Å². The normalized spacial score (nSPS) is 12.2. The van der Waals surface area contributed by atoms with Gasteiger partial charge in [0.15, 0.2) is 0 Å². The number of methoxy groups -OCH3 is 1. The number of hydrogen-bond acceptors (Lipinski definition) is 3. The molecule has 1 N–H and O–H groups in total. The summed E-state index contributed by atoms with van der Waals surface area (Å²) in [7, 11) is 1.50. The Labute approximate surface area is 78.9 Å². The minimum Gasteiger partial charge on any atom is -0.372 e. The molecule has 0 aromatic carbocycles. The molecule has 1 atom stereocenters. The summed E-state index contributed by atoms with van der Waals surface area (Å²) in [5.74, 6) is 0.190. The van der Waals surface area contributed by atoms with Gasteiger partial charge in [0.2, 0.25) is 5.91 Å². The van der Waals surface area contributed by atoms with Crippen LogP contribution in [-0.2, 0) is 9.53 Å². The Balaban J connectivity index is 3.93. The van der Waals surface area contributed by atoms with Crippen LogP contribution in [0.3, 0.4) is 0 Å². The minimum absolute atomic E-state index is 0.0385. The number of nitriles is 1. The quantitative estimate of drug-likeness (QED) is 0.639. The van der Waals surface area contributed by atoms with Crippen LogP contribution in [0.1, 0.15) is 20.3 Å². The van der Waals surface area contributed by atoms with Gasteiger partial charge in [-0.2, -0.15) is 5.26 Å². The zero-order valence-electron chi connectivity index (χ0n) is 8.33. The molecule has 0 bridgehead atoms. The lowest BCUT2D eigenvalue weighted by molar-refractivity contribution is -0.131. The molecule has 0 spiro atoms. The molecule has 0 saturated heterocycles. The van der Waals surface area contributed by atoms with Crippen molar-refractivity contribution in [1.82, 2.24) is 5.32 Å². The molecule has 0 rings (SSSR count). The van der Waals surface area contributed by atoms with Gasteiger partial charge < -0.3 is 10.1 Å². The predicted octanol–water partition coefficient (Wildman–Crippen LogP) is 0.687.